The van der Waals surface area contributed by atoms with Gasteiger partial charge in [0.2, 0.25) is 5.91 Å². The molecule has 0 bridgehead atoms. The standard InChI is InChI=1S/C32H36N6O7/c1-20(39)21-6-8-22(9-7-21)37-29(41)36-13-12-25-28(38(36)30(37)42)24-11-10-23(18-26(24)45-32(25,2)3)44-31(43)35-16-14-34(15-17-35)27(40)19-33(4)5/h6-12,18,28H,13-17,19H2,1-5H3. The molecule has 3 aliphatic heterocycles. The van der Waals surface area contributed by atoms with Crippen LogP contribution in [-0.2, 0) is 11.3 Å². The minimum absolute atomic E-state index is 0.0179. The van der Waals surface area contributed by atoms with Crippen molar-refractivity contribution in [2.75, 3.05) is 46.8 Å². The Labute approximate surface area is 259 Å². The number of carbonyl (C=O) groups excluding carboxylic acids is 3. The molecule has 0 spiro atoms. The summed E-state index contributed by atoms with van der Waals surface area (Å²) in [6.45, 7) is 7.30. The van der Waals surface area contributed by atoms with Crippen LogP contribution < -0.4 is 20.9 Å². The van der Waals surface area contributed by atoms with Crippen molar-refractivity contribution >= 4 is 17.8 Å². The van der Waals surface area contributed by atoms with Crippen LogP contribution >= 0.6 is 0 Å². The average Bonchev–Trinajstić information content (AvgIpc) is 3.25. The number of ether oxygens (including phenoxy) is 2. The van der Waals surface area contributed by atoms with Crippen LogP contribution in [-0.4, -0.2) is 98.8 Å². The molecule has 1 atom stereocenters. The van der Waals surface area contributed by atoms with Crippen molar-refractivity contribution in [3.8, 4) is 17.2 Å². The summed E-state index contributed by atoms with van der Waals surface area (Å²) in [6, 6.07) is 10.7. The van der Waals surface area contributed by atoms with Crippen LogP contribution in [0.5, 0.6) is 11.5 Å². The second kappa shape index (κ2) is 11.2. The lowest BCUT2D eigenvalue weighted by Crippen LogP contribution is -2.52. The molecule has 2 amide bonds. The van der Waals surface area contributed by atoms with Crippen molar-refractivity contribution in [1.29, 1.82) is 0 Å². The summed E-state index contributed by atoms with van der Waals surface area (Å²) in [4.78, 5) is 69.7. The zero-order valence-electron chi connectivity index (χ0n) is 26.0. The second-order valence-electron chi connectivity index (χ2n) is 12.3. The molecule has 2 aromatic carbocycles. The lowest BCUT2D eigenvalue weighted by atomic mass is 9.83. The molecule has 1 saturated heterocycles. The second-order valence-corrected chi connectivity index (χ2v) is 12.3. The van der Waals surface area contributed by atoms with E-state index in [0.29, 0.717) is 55.3 Å². The largest absolute Gasteiger partial charge is 0.483 e. The quantitative estimate of drug-likeness (QED) is 0.314. The van der Waals surface area contributed by atoms with Crippen LogP contribution in [0.25, 0.3) is 5.69 Å². The minimum Gasteiger partial charge on any atom is -0.483 e. The maximum absolute atomic E-state index is 13.9. The van der Waals surface area contributed by atoms with Gasteiger partial charge in [0.15, 0.2) is 5.78 Å². The topological polar surface area (TPSA) is 128 Å². The number of ketones is 1. The van der Waals surface area contributed by atoms with Gasteiger partial charge in [-0.05, 0) is 76.8 Å². The van der Waals surface area contributed by atoms with E-state index in [-0.39, 0.29) is 24.0 Å². The molecule has 3 aliphatic rings. The van der Waals surface area contributed by atoms with Gasteiger partial charge in [0.1, 0.15) is 23.1 Å². The molecule has 1 unspecified atom stereocenters. The normalized spacial score (nSPS) is 18.4. The molecule has 0 N–H and O–H groups in total. The summed E-state index contributed by atoms with van der Waals surface area (Å²) in [6.07, 6.45) is 1.38. The fourth-order valence-electron chi connectivity index (χ4n) is 6.18. The Kier molecular flexibility index (Phi) is 7.51. The van der Waals surface area contributed by atoms with E-state index in [2.05, 4.69) is 0 Å². The van der Waals surface area contributed by atoms with Gasteiger partial charge in [-0.15, -0.1) is 0 Å². The summed E-state index contributed by atoms with van der Waals surface area (Å²) < 4.78 is 16.0. The molecule has 236 valence electrons. The van der Waals surface area contributed by atoms with Crippen LogP contribution in [0.15, 0.2) is 63.7 Å². The van der Waals surface area contributed by atoms with Gasteiger partial charge in [0.05, 0.1) is 18.8 Å². The number of benzene rings is 2. The minimum atomic E-state index is -0.832. The van der Waals surface area contributed by atoms with Gasteiger partial charge in [-0.1, -0.05) is 6.08 Å². The first kappa shape index (κ1) is 30.1. The number of Topliss-reactive ketones (excluding diaryl/α,β-unsaturated/α-hetero) is 1. The van der Waals surface area contributed by atoms with Gasteiger partial charge < -0.3 is 24.2 Å². The van der Waals surface area contributed by atoms with Gasteiger partial charge in [0.25, 0.3) is 0 Å². The Hall–Kier alpha value is -4.91. The summed E-state index contributed by atoms with van der Waals surface area (Å²) in [5, 5.41) is 0. The lowest BCUT2D eigenvalue weighted by Gasteiger charge is -2.42. The first-order valence-electron chi connectivity index (χ1n) is 14.8. The lowest BCUT2D eigenvalue weighted by molar-refractivity contribution is -0.133. The monoisotopic (exact) mass is 616 g/mol. The van der Waals surface area contributed by atoms with Gasteiger partial charge >= 0.3 is 17.5 Å². The first-order valence-corrected chi connectivity index (χ1v) is 14.8. The number of allylic oxidation sites excluding steroid dienone is 1. The number of aromatic nitrogens is 3. The van der Waals surface area contributed by atoms with Crippen molar-refractivity contribution in [1.82, 2.24) is 28.6 Å². The van der Waals surface area contributed by atoms with E-state index < -0.39 is 29.1 Å². The third kappa shape index (κ3) is 5.37. The molecular formula is C32H36N6O7. The maximum Gasteiger partial charge on any atom is 0.415 e. The number of fused-ring (bicyclic) bond motifs is 5. The molecule has 6 rings (SSSR count). The number of amides is 2. The van der Waals surface area contributed by atoms with E-state index in [1.807, 2.05) is 38.9 Å². The molecule has 1 aromatic heterocycles. The van der Waals surface area contributed by atoms with E-state index in [1.165, 1.54) is 16.3 Å². The van der Waals surface area contributed by atoms with Crippen molar-refractivity contribution < 1.29 is 23.9 Å². The summed E-state index contributed by atoms with van der Waals surface area (Å²) in [5.41, 5.74) is 0.471. The Balaban J connectivity index is 1.27. The Morgan fingerprint density at radius 2 is 1.62 bits per heavy atom. The smallest absolute Gasteiger partial charge is 0.415 e. The Morgan fingerprint density at radius 3 is 2.27 bits per heavy atom. The zero-order valence-corrected chi connectivity index (χ0v) is 26.0. The van der Waals surface area contributed by atoms with Gasteiger partial charge in [-0.2, -0.15) is 0 Å². The number of nitrogens with zero attached hydrogens (tertiary/aromatic N) is 6. The highest BCUT2D eigenvalue weighted by molar-refractivity contribution is 5.94. The summed E-state index contributed by atoms with van der Waals surface area (Å²) in [5.74, 6) is 0.607. The van der Waals surface area contributed by atoms with Crippen molar-refractivity contribution in [2.45, 2.75) is 39.0 Å². The first-order chi connectivity index (χ1) is 21.4. The van der Waals surface area contributed by atoms with E-state index in [4.69, 9.17) is 9.47 Å². The van der Waals surface area contributed by atoms with Gasteiger partial charge in [0, 0.05) is 43.4 Å². The molecule has 13 heteroatoms. The number of rotatable bonds is 5. The highest BCUT2D eigenvalue weighted by Crippen LogP contribution is 2.47. The van der Waals surface area contributed by atoms with Crippen LogP contribution in [0.4, 0.5) is 4.79 Å². The van der Waals surface area contributed by atoms with Gasteiger partial charge in [-0.25, -0.2) is 28.3 Å². The molecule has 4 heterocycles. The van der Waals surface area contributed by atoms with Gasteiger partial charge in [-0.3, -0.25) is 9.59 Å². The molecule has 45 heavy (non-hydrogen) atoms. The number of hydrogen-bond donors (Lipinski definition) is 0. The summed E-state index contributed by atoms with van der Waals surface area (Å²) >= 11 is 0. The van der Waals surface area contributed by atoms with Crippen LogP contribution in [0.3, 0.4) is 0 Å². The molecule has 13 nitrogen and oxygen atoms in total. The third-order valence-corrected chi connectivity index (χ3v) is 8.50. The van der Waals surface area contributed by atoms with E-state index in [1.54, 1.807) is 52.3 Å². The predicted octanol–water partition coefficient (Wildman–Crippen LogP) is 1.91. The molecule has 1 fully saturated rings. The fraction of sp³-hybridized carbons (Fsp3) is 0.406. The van der Waals surface area contributed by atoms with Crippen LogP contribution in [0, 0.1) is 0 Å². The van der Waals surface area contributed by atoms with Crippen LogP contribution in [0.2, 0.25) is 0 Å². The molecular weight excluding hydrogens is 580 g/mol. The van der Waals surface area contributed by atoms with Crippen molar-refractivity contribution in [2.24, 2.45) is 0 Å². The van der Waals surface area contributed by atoms with E-state index in [9.17, 15) is 24.0 Å². The average molecular weight is 617 g/mol. The zero-order chi connectivity index (χ0) is 32.2. The van der Waals surface area contributed by atoms with Crippen molar-refractivity contribution in [3.05, 3.63) is 86.2 Å². The number of piperazine rings is 1. The van der Waals surface area contributed by atoms with E-state index in [0.717, 1.165) is 10.1 Å². The molecule has 0 radical (unpaired) electrons. The Bertz CT molecular complexity index is 1840. The SMILES string of the molecule is CC(=O)c1ccc(-n2c(=O)n3n(c2=O)C2C(=CC3)C(C)(C)Oc3cc(OC(=O)N4CCN(C(=O)CN(C)C)CC4)ccc32)cc1. The molecule has 0 aliphatic carbocycles. The molecule has 3 aromatic rings. The summed E-state index contributed by atoms with van der Waals surface area (Å²) in [7, 11) is 3.68. The van der Waals surface area contributed by atoms with Crippen molar-refractivity contribution in [3.63, 3.8) is 0 Å². The van der Waals surface area contributed by atoms with E-state index >= 15 is 0 Å². The van der Waals surface area contributed by atoms with Crippen LogP contribution in [0.1, 0.15) is 42.7 Å². The number of hydrogen-bond acceptors (Lipinski definition) is 8. The Morgan fingerprint density at radius 1 is 0.956 bits per heavy atom. The fourth-order valence-corrected chi connectivity index (χ4v) is 6.18. The third-order valence-electron chi connectivity index (χ3n) is 8.50. The highest BCUT2D eigenvalue weighted by atomic mass is 16.6. The predicted molar refractivity (Wildman–Crippen MR) is 164 cm³/mol. The number of likely N-dealkylation sites (N-methyl/N-ethyl adjacent to an activating group) is 1. The maximum atomic E-state index is 13.9. The molecule has 0 saturated carbocycles. The highest BCUT2D eigenvalue weighted by Gasteiger charge is 2.44. The number of carbonyl (C=O) groups is 3.